The number of hydrogen-bond donors (Lipinski definition) is 0. The largest absolute Gasteiger partial charge is 0.226 e. The third kappa shape index (κ3) is 3.97. The van der Waals surface area contributed by atoms with E-state index in [0.717, 1.165) is 11.3 Å². The maximum atomic E-state index is 13.1. The van der Waals surface area contributed by atoms with Gasteiger partial charge in [-0.1, -0.05) is 35.3 Å². The molecule has 0 aliphatic rings. The van der Waals surface area contributed by atoms with Crippen LogP contribution >= 0.6 is 34.5 Å². The Kier molecular flexibility index (Phi) is 5.89. The average molecular weight is 476 g/mol. The number of thiazole rings is 1. The van der Waals surface area contributed by atoms with Crippen molar-refractivity contribution in [3.63, 3.8) is 0 Å². The van der Waals surface area contributed by atoms with E-state index >= 15 is 0 Å². The van der Waals surface area contributed by atoms with Crippen LogP contribution in [-0.4, -0.2) is 27.1 Å². The van der Waals surface area contributed by atoms with E-state index in [0.29, 0.717) is 15.6 Å². The maximum absolute atomic E-state index is 13.1. The number of halogens is 2. The zero-order valence-electron chi connectivity index (χ0n) is 14.8. The van der Waals surface area contributed by atoms with Gasteiger partial charge in [0, 0.05) is 15.6 Å². The van der Waals surface area contributed by atoms with Crippen LogP contribution in [0.5, 0.6) is 0 Å². The molecule has 0 radical (unpaired) electrons. The molecule has 0 amide bonds. The molecule has 2 aromatic carbocycles. The van der Waals surface area contributed by atoms with Crippen LogP contribution in [0.1, 0.15) is 13.8 Å². The van der Waals surface area contributed by atoms with Gasteiger partial charge in [0.2, 0.25) is 9.84 Å². The highest BCUT2D eigenvalue weighted by Crippen LogP contribution is 2.38. The summed E-state index contributed by atoms with van der Waals surface area (Å²) in [7, 11) is -8.04. The van der Waals surface area contributed by atoms with Gasteiger partial charge in [-0.25, -0.2) is 21.8 Å². The van der Waals surface area contributed by atoms with Gasteiger partial charge < -0.3 is 0 Å². The van der Waals surface area contributed by atoms with E-state index in [1.54, 1.807) is 24.3 Å². The van der Waals surface area contributed by atoms with Crippen LogP contribution < -0.4 is 0 Å². The fourth-order valence-electron chi connectivity index (χ4n) is 2.30. The minimum absolute atomic E-state index is 0.0786. The molecule has 0 saturated heterocycles. The fraction of sp³-hybridized carbons (Fsp3) is 0.167. The van der Waals surface area contributed by atoms with E-state index in [-0.39, 0.29) is 14.1 Å². The van der Waals surface area contributed by atoms with Crippen molar-refractivity contribution in [1.29, 1.82) is 0 Å². The van der Waals surface area contributed by atoms with Gasteiger partial charge in [-0.3, -0.25) is 0 Å². The summed E-state index contributed by atoms with van der Waals surface area (Å²) in [6.07, 6.45) is 0. The normalized spacial score (nSPS) is 12.5. The predicted molar refractivity (Wildman–Crippen MR) is 112 cm³/mol. The van der Waals surface area contributed by atoms with Crippen molar-refractivity contribution in [2.45, 2.75) is 33.2 Å². The van der Waals surface area contributed by atoms with Crippen LogP contribution in [0.2, 0.25) is 10.0 Å². The number of nitrogens with zero attached hydrogens (tertiary/aromatic N) is 1. The minimum atomic E-state index is -4.16. The van der Waals surface area contributed by atoms with Crippen molar-refractivity contribution >= 4 is 54.2 Å². The molecule has 5 nitrogen and oxygen atoms in total. The lowest BCUT2D eigenvalue weighted by Gasteiger charge is -2.08. The summed E-state index contributed by atoms with van der Waals surface area (Å²) < 4.78 is 51.7. The molecule has 0 saturated carbocycles. The average Bonchev–Trinajstić information content (AvgIpc) is 3.09. The summed E-state index contributed by atoms with van der Waals surface area (Å²) in [6, 6.07) is 12.1. The van der Waals surface area contributed by atoms with Gasteiger partial charge >= 0.3 is 0 Å². The molecule has 0 bridgehead atoms. The third-order valence-electron chi connectivity index (χ3n) is 3.92. The van der Waals surface area contributed by atoms with Crippen LogP contribution in [-0.2, 0) is 19.7 Å². The first-order chi connectivity index (χ1) is 13.0. The Hall–Kier alpha value is -1.45. The van der Waals surface area contributed by atoms with Gasteiger partial charge in [-0.15, -0.1) is 11.3 Å². The summed E-state index contributed by atoms with van der Waals surface area (Å²) in [6.45, 7) is 2.99. The number of rotatable bonds is 5. The zero-order chi connectivity index (χ0) is 20.7. The molecule has 0 N–H and O–H groups in total. The molecule has 148 valence electrons. The topological polar surface area (TPSA) is 81.2 Å². The van der Waals surface area contributed by atoms with Crippen molar-refractivity contribution < 1.29 is 16.8 Å². The van der Waals surface area contributed by atoms with Gasteiger partial charge in [-0.05, 0) is 50.2 Å². The van der Waals surface area contributed by atoms with E-state index in [1.165, 1.54) is 38.1 Å². The summed E-state index contributed by atoms with van der Waals surface area (Å²) in [5.41, 5.74) is 0.576. The van der Waals surface area contributed by atoms with E-state index in [2.05, 4.69) is 4.98 Å². The van der Waals surface area contributed by atoms with Crippen LogP contribution in [0.15, 0.2) is 62.7 Å². The molecule has 0 aliphatic carbocycles. The molecule has 1 heterocycles. The van der Waals surface area contributed by atoms with Crippen LogP contribution in [0.3, 0.4) is 0 Å². The molecular formula is C18H15Cl2NO4S3. The fourth-order valence-corrected chi connectivity index (χ4v) is 7.58. The van der Waals surface area contributed by atoms with Crippen LogP contribution in [0.4, 0.5) is 0 Å². The standard InChI is InChI=1S/C18H15Cl2NO4S3/c1-11(2)27(22,23)18-17(28(24,25)15-9-7-14(20)8-10-15)21-16(26-18)12-3-5-13(19)6-4-12/h3-11H,1-2H3. The molecule has 3 aromatic rings. The number of sulfone groups is 2. The van der Waals surface area contributed by atoms with E-state index in [4.69, 9.17) is 23.2 Å². The maximum Gasteiger partial charge on any atom is 0.226 e. The van der Waals surface area contributed by atoms with Crippen molar-refractivity contribution in [1.82, 2.24) is 4.98 Å². The summed E-state index contributed by atoms with van der Waals surface area (Å²) in [5, 5.41) is -0.120. The highest BCUT2D eigenvalue weighted by Gasteiger charge is 2.34. The Bertz CT molecular complexity index is 1210. The van der Waals surface area contributed by atoms with E-state index in [1.807, 2.05) is 0 Å². The lowest BCUT2D eigenvalue weighted by Crippen LogP contribution is -2.16. The summed E-state index contributed by atoms with van der Waals surface area (Å²) >= 11 is 12.6. The van der Waals surface area contributed by atoms with Crippen molar-refractivity contribution in [2.75, 3.05) is 0 Å². The quantitative estimate of drug-likeness (QED) is 0.510. The molecule has 3 rings (SSSR count). The smallest absolute Gasteiger partial charge is 0.223 e. The molecule has 0 fully saturated rings. The van der Waals surface area contributed by atoms with Gasteiger partial charge in [0.25, 0.3) is 0 Å². The minimum Gasteiger partial charge on any atom is -0.223 e. The Morgan fingerprint density at radius 3 is 1.86 bits per heavy atom. The van der Waals surface area contributed by atoms with E-state index < -0.39 is 30.0 Å². The Morgan fingerprint density at radius 1 is 0.857 bits per heavy atom. The first-order valence-electron chi connectivity index (χ1n) is 8.05. The molecule has 1 aromatic heterocycles. The number of hydrogen-bond acceptors (Lipinski definition) is 6. The first kappa shape index (κ1) is 21.3. The Morgan fingerprint density at radius 2 is 1.36 bits per heavy atom. The molecule has 0 unspecified atom stereocenters. The molecule has 10 heteroatoms. The van der Waals surface area contributed by atoms with Gasteiger partial charge in [0.1, 0.15) is 5.01 Å². The lowest BCUT2D eigenvalue weighted by molar-refractivity contribution is 0.577. The van der Waals surface area contributed by atoms with Crippen molar-refractivity contribution in [3.8, 4) is 10.6 Å². The summed E-state index contributed by atoms with van der Waals surface area (Å²) in [4.78, 5) is 4.13. The second-order valence-electron chi connectivity index (χ2n) is 6.17. The lowest BCUT2D eigenvalue weighted by atomic mass is 10.2. The molecule has 0 atom stereocenters. The monoisotopic (exact) mass is 475 g/mol. The van der Waals surface area contributed by atoms with Gasteiger partial charge in [0.05, 0.1) is 10.1 Å². The second kappa shape index (κ2) is 7.76. The number of aromatic nitrogens is 1. The van der Waals surface area contributed by atoms with Crippen LogP contribution in [0, 0.1) is 0 Å². The van der Waals surface area contributed by atoms with Gasteiger partial charge in [-0.2, -0.15) is 0 Å². The molecule has 0 spiro atoms. The molecule has 28 heavy (non-hydrogen) atoms. The second-order valence-corrected chi connectivity index (χ2v) is 12.6. The van der Waals surface area contributed by atoms with Crippen molar-refractivity contribution in [2.24, 2.45) is 0 Å². The third-order valence-corrected chi connectivity index (χ3v) is 10.2. The summed E-state index contributed by atoms with van der Waals surface area (Å²) in [5.74, 6) is 0. The van der Waals surface area contributed by atoms with Crippen LogP contribution in [0.25, 0.3) is 10.6 Å². The molecular weight excluding hydrogens is 461 g/mol. The first-order valence-corrected chi connectivity index (χ1v) is 12.6. The van der Waals surface area contributed by atoms with Gasteiger partial charge in [0.15, 0.2) is 19.1 Å². The van der Waals surface area contributed by atoms with E-state index in [9.17, 15) is 16.8 Å². The molecule has 0 aliphatic heterocycles. The Balaban J connectivity index is 2.27. The zero-order valence-corrected chi connectivity index (χ0v) is 18.7. The number of benzene rings is 2. The highest BCUT2D eigenvalue weighted by atomic mass is 35.5. The highest BCUT2D eigenvalue weighted by molar-refractivity contribution is 7.96. The SMILES string of the molecule is CC(C)S(=O)(=O)c1sc(-c2ccc(Cl)cc2)nc1S(=O)(=O)c1ccc(Cl)cc1. The predicted octanol–water partition coefficient (Wildman–Crippen LogP) is 5.13. The van der Waals surface area contributed by atoms with Crippen molar-refractivity contribution in [3.05, 3.63) is 58.6 Å². The Labute approximate surface area is 177 Å².